The summed E-state index contributed by atoms with van der Waals surface area (Å²) in [6.45, 7) is 2.34. The lowest BCUT2D eigenvalue weighted by Gasteiger charge is -2.13. The van der Waals surface area contributed by atoms with Crippen molar-refractivity contribution >= 4 is 22.2 Å². The molecule has 0 spiro atoms. The molecular formula is C16H18FN3O4S. The summed E-state index contributed by atoms with van der Waals surface area (Å²) in [6, 6.07) is 2.29. The first kappa shape index (κ1) is 16.5. The van der Waals surface area contributed by atoms with Crippen LogP contribution in [0.15, 0.2) is 21.7 Å². The molecule has 2 aliphatic rings. The van der Waals surface area contributed by atoms with Crippen molar-refractivity contribution in [2.45, 2.75) is 44.7 Å². The van der Waals surface area contributed by atoms with Gasteiger partial charge in [-0.25, -0.2) is 9.18 Å². The first-order valence-corrected chi connectivity index (χ1v) is 9.26. The first-order chi connectivity index (χ1) is 11.8. The van der Waals surface area contributed by atoms with E-state index < -0.39 is 28.3 Å². The molecule has 0 amide bonds. The van der Waals surface area contributed by atoms with Crippen molar-refractivity contribution in [3.8, 4) is 5.75 Å². The van der Waals surface area contributed by atoms with Gasteiger partial charge in [-0.1, -0.05) is 0 Å². The van der Waals surface area contributed by atoms with Crippen molar-refractivity contribution in [1.29, 1.82) is 0 Å². The maximum atomic E-state index is 14.4. The molecule has 2 N–H and O–H groups in total. The van der Waals surface area contributed by atoms with Crippen molar-refractivity contribution in [3.63, 3.8) is 0 Å². The normalized spacial score (nSPS) is 19.8. The SMILES string of the molecule is CC1(NS(=O)Oc2cc3c(=O)[nH]c(=O)n(CC4CC4)c3cc2F)CC1. The Balaban J connectivity index is 1.72. The van der Waals surface area contributed by atoms with Crippen LogP contribution in [-0.4, -0.2) is 19.3 Å². The van der Waals surface area contributed by atoms with E-state index >= 15 is 0 Å². The highest BCUT2D eigenvalue weighted by molar-refractivity contribution is 7.78. The average Bonchev–Trinajstić information content (AvgIpc) is 3.44. The molecule has 2 aliphatic carbocycles. The van der Waals surface area contributed by atoms with Gasteiger partial charge in [0.25, 0.3) is 16.8 Å². The number of aromatic nitrogens is 2. The van der Waals surface area contributed by atoms with E-state index in [0.29, 0.717) is 12.5 Å². The molecule has 9 heteroatoms. The largest absolute Gasteiger partial charge is 0.386 e. The van der Waals surface area contributed by atoms with Gasteiger partial charge in [-0.2, -0.15) is 8.93 Å². The van der Waals surface area contributed by atoms with Gasteiger partial charge in [-0.3, -0.25) is 14.3 Å². The Bertz CT molecular complexity index is 991. The van der Waals surface area contributed by atoms with E-state index in [1.165, 1.54) is 10.6 Å². The zero-order valence-corrected chi connectivity index (χ0v) is 14.5. The Kier molecular flexibility index (Phi) is 3.80. The Morgan fingerprint density at radius 1 is 1.40 bits per heavy atom. The molecular weight excluding hydrogens is 349 g/mol. The van der Waals surface area contributed by atoms with Gasteiger partial charge < -0.3 is 4.18 Å². The lowest BCUT2D eigenvalue weighted by Crippen LogP contribution is -2.33. The number of fused-ring (bicyclic) bond motifs is 1. The number of benzene rings is 1. The van der Waals surface area contributed by atoms with Gasteiger partial charge in [-0.05, 0) is 44.6 Å². The molecule has 25 heavy (non-hydrogen) atoms. The maximum absolute atomic E-state index is 14.4. The van der Waals surface area contributed by atoms with Gasteiger partial charge in [0.1, 0.15) is 0 Å². The first-order valence-electron chi connectivity index (χ1n) is 8.19. The van der Waals surface area contributed by atoms with Crippen LogP contribution in [0.3, 0.4) is 0 Å². The third kappa shape index (κ3) is 3.38. The van der Waals surface area contributed by atoms with E-state index in [4.69, 9.17) is 4.18 Å². The van der Waals surface area contributed by atoms with Gasteiger partial charge in [0.15, 0.2) is 11.6 Å². The second-order valence-electron chi connectivity index (χ2n) is 7.09. The summed E-state index contributed by atoms with van der Waals surface area (Å²) in [6.07, 6.45) is 3.77. The maximum Gasteiger partial charge on any atom is 0.328 e. The van der Waals surface area contributed by atoms with E-state index in [1.807, 2.05) is 6.92 Å². The minimum atomic E-state index is -1.92. The summed E-state index contributed by atoms with van der Waals surface area (Å²) in [5.74, 6) is -0.676. The standard InChI is InChI=1S/C16H18FN3O4S/c1-16(4-5-16)19-25(23)24-13-6-10-12(7-11(13)17)20(8-9-2-3-9)15(22)18-14(10)21/h6-7,9,19H,2-5,8H2,1H3,(H,18,21,22). The summed E-state index contributed by atoms with van der Waals surface area (Å²) < 4.78 is 35.7. The van der Waals surface area contributed by atoms with Crippen LogP contribution in [0.4, 0.5) is 4.39 Å². The number of nitrogens with one attached hydrogen (secondary N) is 2. The van der Waals surface area contributed by atoms with Crippen molar-refractivity contribution in [3.05, 3.63) is 38.8 Å². The Morgan fingerprint density at radius 3 is 2.76 bits per heavy atom. The van der Waals surface area contributed by atoms with Crippen LogP contribution in [0.1, 0.15) is 32.6 Å². The molecule has 1 aromatic heterocycles. The summed E-state index contributed by atoms with van der Waals surface area (Å²) >= 11 is -1.92. The van der Waals surface area contributed by atoms with E-state index in [9.17, 15) is 18.2 Å². The molecule has 0 saturated heterocycles. The van der Waals surface area contributed by atoms with Crippen LogP contribution < -0.4 is 20.2 Å². The van der Waals surface area contributed by atoms with Gasteiger partial charge in [0, 0.05) is 18.2 Å². The molecule has 2 saturated carbocycles. The Labute approximate surface area is 145 Å². The lowest BCUT2D eigenvalue weighted by atomic mass is 10.2. The zero-order valence-electron chi connectivity index (χ0n) is 13.6. The van der Waals surface area contributed by atoms with E-state index in [-0.39, 0.29) is 22.2 Å². The Hall–Kier alpha value is -2.00. The average molecular weight is 367 g/mol. The number of H-pyrrole nitrogens is 1. The number of nitrogens with zero attached hydrogens (tertiary/aromatic N) is 1. The molecule has 1 atom stereocenters. The molecule has 134 valence electrons. The second-order valence-corrected chi connectivity index (χ2v) is 7.93. The summed E-state index contributed by atoms with van der Waals surface area (Å²) in [4.78, 5) is 26.4. The minimum absolute atomic E-state index is 0.131. The lowest BCUT2D eigenvalue weighted by molar-refractivity contribution is 0.493. The zero-order chi connectivity index (χ0) is 17.8. The summed E-state index contributed by atoms with van der Waals surface area (Å²) in [5, 5.41) is 0.131. The van der Waals surface area contributed by atoms with Crippen molar-refractivity contribution in [1.82, 2.24) is 14.3 Å². The fourth-order valence-electron chi connectivity index (χ4n) is 2.69. The summed E-state index contributed by atoms with van der Waals surface area (Å²) in [5.41, 5.74) is -1.20. The van der Waals surface area contributed by atoms with Crippen molar-refractivity contribution in [2.24, 2.45) is 5.92 Å². The molecule has 4 rings (SSSR count). The third-order valence-corrected chi connectivity index (χ3v) is 5.67. The van der Waals surface area contributed by atoms with Crippen LogP contribution in [0.2, 0.25) is 0 Å². The number of halogens is 1. The van der Waals surface area contributed by atoms with Crippen LogP contribution in [0.5, 0.6) is 5.75 Å². The van der Waals surface area contributed by atoms with Crippen LogP contribution in [0.25, 0.3) is 10.9 Å². The Morgan fingerprint density at radius 2 is 2.12 bits per heavy atom. The molecule has 0 radical (unpaired) electrons. The summed E-state index contributed by atoms with van der Waals surface area (Å²) in [7, 11) is 0. The smallest absolute Gasteiger partial charge is 0.328 e. The topological polar surface area (TPSA) is 93.2 Å². The van der Waals surface area contributed by atoms with E-state index in [1.54, 1.807) is 0 Å². The van der Waals surface area contributed by atoms with Gasteiger partial charge in [-0.15, -0.1) is 0 Å². The van der Waals surface area contributed by atoms with Gasteiger partial charge >= 0.3 is 5.69 Å². The van der Waals surface area contributed by atoms with E-state index in [0.717, 1.165) is 31.7 Å². The number of hydrogen-bond donors (Lipinski definition) is 2. The predicted octanol–water partition coefficient (Wildman–Crippen LogP) is 1.34. The second kappa shape index (κ2) is 5.77. The third-order valence-electron chi connectivity index (χ3n) is 4.68. The highest BCUT2D eigenvalue weighted by Crippen LogP contribution is 2.35. The molecule has 1 heterocycles. The highest BCUT2D eigenvalue weighted by atomic mass is 32.2. The molecule has 0 bridgehead atoms. The monoisotopic (exact) mass is 367 g/mol. The quantitative estimate of drug-likeness (QED) is 0.806. The molecule has 2 fully saturated rings. The number of aromatic amines is 1. The van der Waals surface area contributed by atoms with Crippen LogP contribution in [0, 0.1) is 11.7 Å². The van der Waals surface area contributed by atoms with Crippen molar-refractivity contribution in [2.75, 3.05) is 0 Å². The highest BCUT2D eigenvalue weighted by Gasteiger charge is 2.39. The molecule has 1 unspecified atom stereocenters. The molecule has 0 aliphatic heterocycles. The van der Waals surface area contributed by atoms with Crippen LogP contribution >= 0.6 is 0 Å². The fourth-order valence-corrected chi connectivity index (χ4v) is 3.63. The van der Waals surface area contributed by atoms with Crippen LogP contribution in [-0.2, 0) is 17.8 Å². The minimum Gasteiger partial charge on any atom is -0.386 e. The molecule has 7 nitrogen and oxygen atoms in total. The predicted molar refractivity (Wildman–Crippen MR) is 91.1 cm³/mol. The molecule has 2 aromatic rings. The number of hydrogen-bond acceptors (Lipinski definition) is 4. The van der Waals surface area contributed by atoms with E-state index in [2.05, 4.69) is 9.71 Å². The number of rotatable bonds is 6. The van der Waals surface area contributed by atoms with Crippen molar-refractivity contribution < 1.29 is 12.8 Å². The van der Waals surface area contributed by atoms with Gasteiger partial charge in [0.05, 0.1) is 10.9 Å². The fraction of sp³-hybridized carbons (Fsp3) is 0.500. The molecule has 1 aromatic carbocycles. The van der Waals surface area contributed by atoms with Gasteiger partial charge in [0.2, 0.25) is 0 Å².